The lowest BCUT2D eigenvalue weighted by Gasteiger charge is -2.22. The summed E-state index contributed by atoms with van der Waals surface area (Å²) < 4.78 is 0. The van der Waals surface area contributed by atoms with Crippen molar-refractivity contribution in [3.8, 4) is 0 Å². The van der Waals surface area contributed by atoms with Gasteiger partial charge in [0.2, 0.25) is 11.8 Å². The molecule has 0 radical (unpaired) electrons. The van der Waals surface area contributed by atoms with Gasteiger partial charge in [0.05, 0.1) is 22.4 Å². The Bertz CT molecular complexity index is 918. The van der Waals surface area contributed by atoms with Crippen molar-refractivity contribution >= 4 is 45.3 Å². The van der Waals surface area contributed by atoms with Crippen LogP contribution < -0.4 is 9.80 Å². The Hall–Kier alpha value is -3.02. The third-order valence-corrected chi connectivity index (χ3v) is 4.43. The quantitative estimate of drug-likeness (QED) is 0.675. The van der Waals surface area contributed by atoms with Crippen molar-refractivity contribution in [2.75, 3.05) is 22.9 Å². The molecule has 3 rings (SSSR count). The lowest BCUT2D eigenvalue weighted by molar-refractivity contribution is -0.117. The van der Waals surface area contributed by atoms with Gasteiger partial charge >= 0.3 is 0 Å². The lowest BCUT2D eigenvalue weighted by atomic mass is 10.2. The minimum Gasteiger partial charge on any atom is -0.311 e. The second-order valence-corrected chi connectivity index (χ2v) is 6.04. The van der Waals surface area contributed by atoms with Crippen LogP contribution in [0.3, 0.4) is 0 Å². The molecular weight excluding hydrogens is 328 g/mol. The third-order valence-electron chi connectivity index (χ3n) is 4.43. The van der Waals surface area contributed by atoms with E-state index in [0.717, 1.165) is 11.4 Å². The number of nitrogens with zero attached hydrogens (tertiary/aromatic N) is 4. The average molecular weight is 350 g/mol. The molecule has 26 heavy (non-hydrogen) atoms. The highest BCUT2D eigenvalue weighted by Crippen LogP contribution is 2.30. The largest absolute Gasteiger partial charge is 0.311 e. The van der Waals surface area contributed by atoms with Crippen LogP contribution in [0.5, 0.6) is 0 Å². The van der Waals surface area contributed by atoms with Gasteiger partial charge in [-0.2, -0.15) is 0 Å². The van der Waals surface area contributed by atoms with Gasteiger partial charge in [0.15, 0.2) is 0 Å². The number of anilines is 2. The zero-order chi connectivity index (χ0) is 18.8. The van der Waals surface area contributed by atoms with Crippen molar-refractivity contribution in [1.82, 2.24) is 9.97 Å². The number of fused-ring (bicyclic) bond motifs is 2. The van der Waals surface area contributed by atoms with Gasteiger partial charge in [0.25, 0.3) is 0 Å². The first-order valence-corrected chi connectivity index (χ1v) is 8.73. The molecule has 1 aromatic heterocycles. The summed E-state index contributed by atoms with van der Waals surface area (Å²) in [6.45, 7) is 8.06. The number of aromatic nitrogens is 2. The average Bonchev–Trinajstić information content (AvgIpc) is 2.61. The first kappa shape index (κ1) is 17.8. The van der Waals surface area contributed by atoms with Crippen LogP contribution in [0.1, 0.15) is 27.7 Å². The first-order chi connectivity index (χ1) is 12.5. The second kappa shape index (κ2) is 7.07. The number of carbonyl (C=O) groups excluding carboxylic acids is 2. The van der Waals surface area contributed by atoms with E-state index in [1.54, 1.807) is 23.6 Å². The van der Waals surface area contributed by atoms with Crippen molar-refractivity contribution in [3.63, 3.8) is 0 Å². The molecule has 0 fully saturated rings. The third kappa shape index (κ3) is 2.98. The molecule has 0 N–H and O–H groups in total. The van der Waals surface area contributed by atoms with Crippen LogP contribution in [0.25, 0.3) is 22.1 Å². The van der Waals surface area contributed by atoms with Crippen molar-refractivity contribution in [2.24, 2.45) is 0 Å². The van der Waals surface area contributed by atoms with Gasteiger partial charge < -0.3 is 9.80 Å². The Morgan fingerprint density at radius 3 is 1.46 bits per heavy atom. The zero-order valence-corrected chi connectivity index (χ0v) is 15.5. The molecule has 0 spiro atoms. The van der Waals surface area contributed by atoms with Gasteiger partial charge in [-0.3, -0.25) is 9.59 Å². The van der Waals surface area contributed by atoms with E-state index in [0.29, 0.717) is 35.2 Å². The highest BCUT2D eigenvalue weighted by Gasteiger charge is 2.18. The summed E-state index contributed by atoms with van der Waals surface area (Å²) in [5, 5.41) is 0. The molecular formula is C20H22N4O2. The fraction of sp³-hybridized carbons (Fsp3) is 0.300. The predicted octanol–water partition coefficient (Wildman–Crippen LogP) is 3.53. The Labute approximate surface area is 152 Å². The van der Waals surface area contributed by atoms with Gasteiger partial charge in [-0.15, -0.1) is 0 Å². The van der Waals surface area contributed by atoms with E-state index in [4.69, 9.17) is 9.97 Å². The highest BCUT2D eigenvalue weighted by molar-refractivity contribution is 6.05. The first-order valence-electron chi connectivity index (χ1n) is 8.73. The lowest BCUT2D eigenvalue weighted by Crippen LogP contribution is -2.28. The van der Waals surface area contributed by atoms with Crippen LogP contribution in [0.4, 0.5) is 11.4 Å². The molecule has 3 aromatic rings. The van der Waals surface area contributed by atoms with Gasteiger partial charge in [0.1, 0.15) is 11.0 Å². The fourth-order valence-corrected chi connectivity index (χ4v) is 3.25. The standard InChI is InChI=1S/C20H22N4O2/c1-5-23(13(3)25)17-11-7-9-15-19(17)21-16-10-8-12-18(20(16)22-15)24(6-2)14(4)26/h7-12H,5-6H2,1-4H3. The van der Waals surface area contributed by atoms with Gasteiger partial charge in [-0.05, 0) is 38.1 Å². The van der Waals surface area contributed by atoms with E-state index < -0.39 is 0 Å². The maximum atomic E-state index is 12.0. The molecule has 6 nitrogen and oxygen atoms in total. The minimum atomic E-state index is -0.0376. The topological polar surface area (TPSA) is 66.4 Å². The monoisotopic (exact) mass is 350 g/mol. The second-order valence-electron chi connectivity index (χ2n) is 6.04. The van der Waals surface area contributed by atoms with E-state index in [9.17, 15) is 9.59 Å². The number of hydrogen-bond donors (Lipinski definition) is 0. The van der Waals surface area contributed by atoms with Gasteiger partial charge in [-0.25, -0.2) is 9.97 Å². The summed E-state index contributed by atoms with van der Waals surface area (Å²) in [4.78, 5) is 36.9. The summed E-state index contributed by atoms with van der Waals surface area (Å²) in [6.07, 6.45) is 0. The molecule has 0 aliphatic carbocycles. The predicted molar refractivity (Wildman–Crippen MR) is 104 cm³/mol. The number of carbonyl (C=O) groups is 2. The van der Waals surface area contributed by atoms with Crippen LogP contribution >= 0.6 is 0 Å². The number of benzene rings is 2. The number of para-hydroxylation sites is 2. The summed E-state index contributed by atoms with van der Waals surface area (Å²) in [7, 11) is 0. The minimum absolute atomic E-state index is 0.0376. The Kier molecular flexibility index (Phi) is 4.84. The van der Waals surface area contributed by atoms with E-state index in [-0.39, 0.29) is 11.8 Å². The fourth-order valence-electron chi connectivity index (χ4n) is 3.25. The molecule has 1 heterocycles. The normalized spacial score (nSPS) is 10.9. The van der Waals surface area contributed by atoms with E-state index in [2.05, 4.69) is 0 Å². The SMILES string of the molecule is CCN(C(C)=O)c1cccc2nc3c(N(CC)C(C)=O)cccc3nc12. The Morgan fingerprint density at radius 2 is 1.15 bits per heavy atom. The molecule has 2 amide bonds. The molecule has 0 bridgehead atoms. The summed E-state index contributed by atoms with van der Waals surface area (Å²) in [6, 6.07) is 11.3. The van der Waals surface area contributed by atoms with Crippen LogP contribution in [0.15, 0.2) is 36.4 Å². The summed E-state index contributed by atoms with van der Waals surface area (Å²) >= 11 is 0. The molecule has 6 heteroatoms. The summed E-state index contributed by atoms with van der Waals surface area (Å²) in [5.41, 5.74) is 4.25. The summed E-state index contributed by atoms with van der Waals surface area (Å²) in [5.74, 6) is -0.0752. The van der Waals surface area contributed by atoms with E-state index >= 15 is 0 Å². The van der Waals surface area contributed by atoms with Crippen LogP contribution in [-0.2, 0) is 9.59 Å². The van der Waals surface area contributed by atoms with Crippen molar-refractivity contribution in [3.05, 3.63) is 36.4 Å². The van der Waals surface area contributed by atoms with Crippen LogP contribution in [0.2, 0.25) is 0 Å². The number of amides is 2. The Morgan fingerprint density at radius 1 is 0.769 bits per heavy atom. The number of hydrogen-bond acceptors (Lipinski definition) is 4. The molecule has 0 aliphatic rings. The van der Waals surface area contributed by atoms with Crippen molar-refractivity contribution in [1.29, 1.82) is 0 Å². The smallest absolute Gasteiger partial charge is 0.223 e. The molecule has 0 aliphatic heterocycles. The van der Waals surface area contributed by atoms with Gasteiger partial charge in [-0.1, -0.05) is 12.1 Å². The number of rotatable bonds is 4. The maximum Gasteiger partial charge on any atom is 0.223 e. The Balaban J connectivity index is 2.30. The van der Waals surface area contributed by atoms with Crippen LogP contribution in [-0.4, -0.2) is 34.9 Å². The molecule has 0 saturated heterocycles. The zero-order valence-electron chi connectivity index (χ0n) is 15.5. The van der Waals surface area contributed by atoms with Crippen LogP contribution in [0, 0.1) is 0 Å². The van der Waals surface area contributed by atoms with E-state index in [1.807, 2.05) is 50.2 Å². The van der Waals surface area contributed by atoms with E-state index in [1.165, 1.54) is 0 Å². The highest BCUT2D eigenvalue weighted by atomic mass is 16.2. The van der Waals surface area contributed by atoms with Crippen molar-refractivity contribution < 1.29 is 9.59 Å². The maximum absolute atomic E-state index is 12.0. The molecule has 2 aromatic carbocycles. The molecule has 134 valence electrons. The molecule has 0 atom stereocenters. The van der Waals surface area contributed by atoms with Gasteiger partial charge in [0, 0.05) is 26.9 Å². The van der Waals surface area contributed by atoms with Crippen molar-refractivity contribution in [2.45, 2.75) is 27.7 Å². The molecule has 0 unspecified atom stereocenters. The molecule has 0 saturated carbocycles.